The van der Waals surface area contributed by atoms with Crippen molar-refractivity contribution in [2.75, 3.05) is 0 Å². The first kappa shape index (κ1) is 35.5. The first-order valence-corrected chi connectivity index (χ1v) is 20.6. The largest absolute Gasteiger partial charge is 0.456 e. The molecule has 0 aliphatic rings. The molecule has 0 atom stereocenters. The van der Waals surface area contributed by atoms with E-state index in [1.165, 1.54) is 0 Å². The van der Waals surface area contributed by atoms with Crippen LogP contribution in [0.4, 0.5) is 0 Å². The van der Waals surface area contributed by atoms with Crippen LogP contribution >= 0.6 is 0 Å². The van der Waals surface area contributed by atoms with Gasteiger partial charge >= 0.3 is 0 Å². The maximum atomic E-state index is 6.22. The maximum absolute atomic E-state index is 6.22. The Bertz CT molecular complexity index is 3480. The van der Waals surface area contributed by atoms with Crippen molar-refractivity contribution in [2.45, 2.75) is 0 Å². The van der Waals surface area contributed by atoms with Gasteiger partial charge in [0.2, 0.25) is 0 Å². The molecule has 4 heterocycles. The zero-order chi connectivity index (χ0) is 41.0. The predicted molar refractivity (Wildman–Crippen MR) is 250 cm³/mol. The van der Waals surface area contributed by atoms with Crippen molar-refractivity contribution in [2.24, 2.45) is 0 Å². The van der Waals surface area contributed by atoms with Gasteiger partial charge in [0.15, 0.2) is 17.5 Å². The van der Waals surface area contributed by atoms with E-state index in [4.69, 9.17) is 23.8 Å². The molecule has 0 N–H and O–H groups in total. The van der Waals surface area contributed by atoms with Gasteiger partial charge in [-0.05, 0) is 100 Å². The lowest BCUT2D eigenvalue weighted by Crippen LogP contribution is -2.00. The molecule has 0 bridgehead atoms. The monoisotopic (exact) mass is 794 g/mol. The summed E-state index contributed by atoms with van der Waals surface area (Å²) in [7, 11) is 0. The molecule has 12 rings (SSSR count). The molecule has 0 saturated heterocycles. The van der Waals surface area contributed by atoms with Crippen LogP contribution in [0.3, 0.4) is 0 Å². The quantitative estimate of drug-likeness (QED) is 0.160. The Hall–Kier alpha value is -8.48. The molecule has 290 valence electrons. The van der Waals surface area contributed by atoms with E-state index in [9.17, 15) is 0 Å². The third-order valence-electron chi connectivity index (χ3n) is 11.6. The highest BCUT2D eigenvalue weighted by Gasteiger charge is 2.17. The molecule has 0 fully saturated rings. The SMILES string of the molecule is c1ccc(-c2nc(-c3ccc(-c4ccc(-c5ccccn5)cc4)cc3)nc(-c3cc(-c4ccc5oc6ccccc6c5c4)cc(-c4ccc5oc6ccccc6c5c4)c3)n2)cc1. The van der Waals surface area contributed by atoms with E-state index in [0.29, 0.717) is 17.5 Å². The lowest BCUT2D eigenvalue weighted by molar-refractivity contribution is 0.668. The number of nitrogens with zero attached hydrogens (tertiary/aromatic N) is 4. The number of pyridine rings is 1. The average molecular weight is 795 g/mol. The van der Waals surface area contributed by atoms with Crippen LogP contribution in [0.25, 0.3) is 123 Å². The van der Waals surface area contributed by atoms with E-state index in [2.05, 4.69) is 132 Å². The Morgan fingerprint density at radius 3 is 1.23 bits per heavy atom. The van der Waals surface area contributed by atoms with Crippen LogP contribution < -0.4 is 0 Å². The molecule has 4 aromatic heterocycles. The predicted octanol–water partition coefficient (Wildman–Crippen LogP) is 14.7. The molecule has 0 radical (unpaired) electrons. The molecule has 0 aliphatic heterocycles. The van der Waals surface area contributed by atoms with Gasteiger partial charge in [-0.3, -0.25) is 4.98 Å². The van der Waals surface area contributed by atoms with Crippen molar-refractivity contribution in [3.8, 4) is 78.8 Å². The molecular formula is C56H34N4O2. The zero-order valence-corrected chi connectivity index (χ0v) is 33.2. The lowest BCUT2D eigenvalue weighted by atomic mass is 9.94. The molecule has 12 aromatic rings. The third kappa shape index (κ3) is 6.38. The molecule has 0 spiro atoms. The van der Waals surface area contributed by atoms with E-state index in [1.807, 2.05) is 79.0 Å². The van der Waals surface area contributed by atoms with Crippen LogP contribution in [0.15, 0.2) is 215 Å². The van der Waals surface area contributed by atoms with Gasteiger partial charge in [0.05, 0.1) is 5.69 Å². The summed E-state index contributed by atoms with van der Waals surface area (Å²) in [6, 6.07) is 68.8. The van der Waals surface area contributed by atoms with Gasteiger partial charge < -0.3 is 8.83 Å². The second-order valence-corrected chi connectivity index (χ2v) is 15.5. The number of furan rings is 2. The van der Waals surface area contributed by atoms with Crippen LogP contribution in [0.1, 0.15) is 0 Å². The van der Waals surface area contributed by atoms with Gasteiger partial charge in [-0.1, -0.05) is 133 Å². The molecule has 6 nitrogen and oxygen atoms in total. The molecule has 6 heteroatoms. The van der Waals surface area contributed by atoms with E-state index in [1.54, 1.807) is 0 Å². The van der Waals surface area contributed by atoms with Gasteiger partial charge in [-0.15, -0.1) is 0 Å². The highest BCUT2D eigenvalue weighted by atomic mass is 16.3. The average Bonchev–Trinajstić information content (AvgIpc) is 3.92. The Kier molecular flexibility index (Phi) is 8.38. The number of hydrogen-bond acceptors (Lipinski definition) is 6. The van der Waals surface area contributed by atoms with Gasteiger partial charge in [0.1, 0.15) is 22.3 Å². The van der Waals surface area contributed by atoms with Crippen LogP contribution in [0.5, 0.6) is 0 Å². The van der Waals surface area contributed by atoms with Crippen LogP contribution in [-0.2, 0) is 0 Å². The molecular weight excluding hydrogens is 761 g/mol. The standard InChI is InChI=1S/C56H34N4O2/c1-2-10-38(11-3-1)54-58-55(39-23-19-36(20-24-39)35-17-21-37(22-18-35)49-14-8-9-29-57-49)60-56(59-54)44-31-42(40-25-27-52-47(33-40)45-12-4-6-15-50(45)61-52)30-43(32-44)41-26-28-53-48(34-41)46-13-5-7-16-51(46)62-53/h1-34H. The number of rotatable bonds is 7. The summed E-state index contributed by atoms with van der Waals surface area (Å²) in [6.07, 6.45) is 1.82. The number of hydrogen-bond donors (Lipinski definition) is 0. The van der Waals surface area contributed by atoms with E-state index >= 15 is 0 Å². The van der Waals surface area contributed by atoms with Crippen LogP contribution in [0.2, 0.25) is 0 Å². The second kappa shape index (κ2) is 14.7. The normalized spacial score (nSPS) is 11.5. The highest BCUT2D eigenvalue weighted by Crippen LogP contribution is 2.39. The maximum Gasteiger partial charge on any atom is 0.164 e. The Balaban J connectivity index is 1.00. The van der Waals surface area contributed by atoms with Crippen molar-refractivity contribution >= 4 is 43.9 Å². The molecule has 8 aromatic carbocycles. The number of aromatic nitrogens is 4. The molecule has 0 unspecified atom stereocenters. The van der Waals surface area contributed by atoms with Crippen LogP contribution in [0, 0.1) is 0 Å². The smallest absolute Gasteiger partial charge is 0.164 e. The Labute approximate surface area is 356 Å². The highest BCUT2D eigenvalue weighted by molar-refractivity contribution is 6.07. The molecule has 0 saturated carbocycles. The lowest BCUT2D eigenvalue weighted by Gasteiger charge is -2.13. The fraction of sp³-hybridized carbons (Fsp3) is 0. The van der Waals surface area contributed by atoms with Gasteiger partial charge in [0, 0.05) is 50.0 Å². The van der Waals surface area contributed by atoms with Crippen molar-refractivity contribution in [1.29, 1.82) is 0 Å². The summed E-state index contributed by atoms with van der Waals surface area (Å²) >= 11 is 0. The first-order valence-electron chi connectivity index (χ1n) is 20.6. The number of fused-ring (bicyclic) bond motifs is 6. The molecule has 0 amide bonds. The minimum atomic E-state index is 0.579. The third-order valence-corrected chi connectivity index (χ3v) is 11.6. The molecule has 0 aliphatic carbocycles. The topological polar surface area (TPSA) is 77.8 Å². The summed E-state index contributed by atoms with van der Waals surface area (Å²) in [5, 5.41) is 4.30. The fourth-order valence-electron chi connectivity index (χ4n) is 8.43. The van der Waals surface area contributed by atoms with Gasteiger partial charge in [0.25, 0.3) is 0 Å². The summed E-state index contributed by atoms with van der Waals surface area (Å²) in [5.74, 6) is 1.77. The van der Waals surface area contributed by atoms with E-state index in [-0.39, 0.29) is 0 Å². The molecule has 62 heavy (non-hydrogen) atoms. The summed E-state index contributed by atoms with van der Waals surface area (Å²) < 4.78 is 12.4. The van der Waals surface area contributed by atoms with Crippen molar-refractivity contribution < 1.29 is 8.83 Å². The fourth-order valence-corrected chi connectivity index (χ4v) is 8.43. The summed E-state index contributed by atoms with van der Waals surface area (Å²) in [5.41, 5.74) is 14.5. The summed E-state index contributed by atoms with van der Waals surface area (Å²) in [4.78, 5) is 20.0. The summed E-state index contributed by atoms with van der Waals surface area (Å²) in [6.45, 7) is 0. The zero-order valence-electron chi connectivity index (χ0n) is 33.2. The van der Waals surface area contributed by atoms with E-state index in [0.717, 1.165) is 105 Å². The van der Waals surface area contributed by atoms with Crippen molar-refractivity contribution in [3.05, 3.63) is 206 Å². The minimum Gasteiger partial charge on any atom is -0.456 e. The van der Waals surface area contributed by atoms with Gasteiger partial charge in [-0.2, -0.15) is 0 Å². The Morgan fingerprint density at radius 1 is 0.258 bits per heavy atom. The van der Waals surface area contributed by atoms with Crippen molar-refractivity contribution in [1.82, 2.24) is 19.9 Å². The van der Waals surface area contributed by atoms with Gasteiger partial charge in [-0.25, -0.2) is 15.0 Å². The Morgan fingerprint density at radius 2 is 0.677 bits per heavy atom. The van der Waals surface area contributed by atoms with Crippen molar-refractivity contribution in [3.63, 3.8) is 0 Å². The van der Waals surface area contributed by atoms with Crippen LogP contribution in [-0.4, -0.2) is 19.9 Å². The minimum absolute atomic E-state index is 0.579. The first-order chi connectivity index (χ1) is 30.7. The second-order valence-electron chi connectivity index (χ2n) is 15.5. The number of benzene rings is 8. The van der Waals surface area contributed by atoms with E-state index < -0.39 is 0 Å². The number of para-hydroxylation sites is 2.